The van der Waals surface area contributed by atoms with Crippen LogP contribution in [0.1, 0.15) is 37.0 Å². The first-order valence-corrected chi connectivity index (χ1v) is 8.61. The highest BCUT2D eigenvalue weighted by Crippen LogP contribution is 2.23. The van der Waals surface area contributed by atoms with E-state index in [1.54, 1.807) is 18.4 Å². The lowest BCUT2D eigenvalue weighted by molar-refractivity contribution is -0.120. The Morgan fingerprint density at radius 2 is 1.96 bits per heavy atom. The van der Waals surface area contributed by atoms with Gasteiger partial charge < -0.3 is 10.1 Å². The summed E-state index contributed by atoms with van der Waals surface area (Å²) in [5.41, 5.74) is 2.17. The van der Waals surface area contributed by atoms with Crippen LogP contribution in [-0.2, 0) is 23.1 Å². The van der Waals surface area contributed by atoms with E-state index in [9.17, 15) is 4.79 Å². The monoisotopic (exact) mass is 332 g/mol. The molecule has 0 saturated heterocycles. The van der Waals surface area contributed by atoms with Crippen molar-refractivity contribution in [2.45, 2.75) is 39.0 Å². The van der Waals surface area contributed by atoms with Gasteiger partial charge in [0.2, 0.25) is 5.91 Å². The maximum absolute atomic E-state index is 12.0. The van der Waals surface area contributed by atoms with Gasteiger partial charge in [0.05, 0.1) is 24.2 Å². The van der Waals surface area contributed by atoms with Crippen molar-refractivity contribution in [3.63, 3.8) is 0 Å². The molecule has 1 amide bonds. The molecule has 0 unspecified atom stereocenters. The predicted octanol–water partition coefficient (Wildman–Crippen LogP) is 3.35. The Bertz CT molecular complexity index is 642. The summed E-state index contributed by atoms with van der Waals surface area (Å²) in [6.45, 7) is 7.08. The van der Waals surface area contributed by atoms with Crippen molar-refractivity contribution >= 4 is 17.2 Å². The number of benzene rings is 1. The van der Waals surface area contributed by atoms with Crippen molar-refractivity contribution in [1.29, 1.82) is 0 Å². The summed E-state index contributed by atoms with van der Waals surface area (Å²) in [7, 11) is 1.63. The maximum Gasteiger partial charge on any atom is 0.224 e. The minimum atomic E-state index is 0.0303. The molecule has 124 valence electrons. The van der Waals surface area contributed by atoms with E-state index in [0.29, 0.717) is 13.0 Å². The number of hydrogen-bond donors (Lipinski definition) is 1. The molecule has 2 aromatic rings. The number of methoxy groups -OCH3 is 1. The highest BCUT2D eigenvalue weighted by atomic mass is 32.1. The summed E-state index contributed by atoms with van der Waals surface area (Å²) in [6.07, 6.45) is 1.16. The second-order valence-electron chi connectivity index (χ2n) is 6.50. The molecule has 0 aliphatic heterocycles. The number of thiazole rings is 1. The normalized spacial score (nSPS) is 11.3. The summed E-state index contributed by atoms with van der Waals surface area (Å²) in [5, 5.41) is 6.13. The molecule has 0 spiro atoms. The van der Waals surface area contributed by atoms with E-state index < -0.39 is 0 Å². The number of aromatic nitrogens is 1. The predicted molar refractivity (Wildman–Crippen MR) is 94.2 cm³/mol. The average molecular weight is 332 g/mol. The molecule has 1 heterocycles. The van der Waals surface area contributed by atoms with E-state index in [4.69, 9.17) is 4.74 Å². The fraction of sp³-hybridized carbons (Fsp3) is 0.444. The SMILES string of the molecule is COc1ccc(CC(=O)NCCc2nc(C(C)(C)C)cs2)cc1. The number of carbonyl (C=O) groups excluding carboxylic acids is 1. The third-order valence-corrected chi connectivity index (χ3v) is 4.41. The third kappa shape index (κ3) is 5.36. The van der Waals surface area contributed by atoms with Crippen LogP contribution in [0.15, 0.2) is 29.6 Å². The molecule has 1 aromatic carbocycles. The summed E-state index contributed by atoms with van der Waals surface area (Å²) >= 11 is 1.66. The van der Waals surface area contributed by atoms with Crippen LogP contribution < -0.4 is 10.1 Å². The first-order valence-electron chi connectivity index (χ1n) is 7.73. The average Bonchev–Trinajstić information content (AvgIpc) is 2.97. The molecule has 5 heteroatoms. The van der Waals surface area contributed by atoms with Crippen LogP contribution in [0.5, 0.6) is 5.75 Å². The van der Waals surface area contributed by atoms with Gasteiger partial charge in [0.1, 0.15) is 5.75 Å². The van der Waals surface area contributed by atoms with E-state index in [1.807, 2.05) is 24.3 Å². The van der Waals surface area contributed by atoms with Gasteiger partial charge in [0, 0.05) is 23.8 Å². The van der Waals surface area contributed by atoms with Crippen molar-refractivity contribution in [2.75, 3.05) is 13.7 Å². The van der Waals surface area contributed by atoms with Crippen LogP contribution in [0, 0.1) is 0 Å². The summed E-state index contributed by atoms with van der Waals surface area (Å²) < 4.78 is 5.11. The van der Waals surface area contributed by atoms with Crippen molar-refractivity contribution in [3.8, 4) is 5.75 Å². The van der Waals surface area contributed by atoms with Crippen molar-refractivity contribution in [1.82, 2.24) is 10.3 Å². The molecule has 0 aliphatic carbocycles. The fourth-order valence-corrected chi connectivity index (χ4v) is 3.10. The second kappa shape index (κ2) is 7.59. The molecule has 0 atom stereocenters. The van der Waals surface area contributed by atoms with Crippen LogP contribution in [0.4, 0.5) is 0 Å². The van der Waals surface area contributed by atoms with Crippen LogP contribution in [0.25, 0.3) is 0 Å². The molecule has 0 bridgehead atoms. The Morgan fingerprint density at radius 3 is 2.52 bits per heavy atom. The standard InChI is InChI=1S/C18H24N2O2S/c1-18(2,3)15-12-23-17(20-15)9-10-19-16(21)11-13-5-7-14(22-4)8-6-13/h5-8,12H,9-11H2,1-4H3,(H,19,21). The van der Waals surface area contributed by atoms with Gasteiger partial charge in [-0.3, -0.25) is 4.79 Å². The Kier molecular flexibility index (Phi) is 5.77. The highest BCUT2D eigenvalue weighted by molar-refractivity contribution is 7.09. The number of nitrogens with zero attached hydrogens (tertiary/aromatic N) is 1. The minimum Gasteiger partial charge on any atom is -0.497 e. The largest absolute Gasteiger partial charge is 0.497 e. The molecule has 1 aromatic heterocycles. The summed E-state index contributed by atoms with van der Waals surface area (Å²) in [5.74, 6) is 0.829. The van der Waals surface area contributed by atoms with Gasteiger partial charge in [-0.25, -0.2) is 4.98 Å². The molecule has 1 N–H and O–H groups in total. The molecular formula is C18H24N2O2S. The summed E-state index contributed by atoms with van der Waals surface area (Å²) in [4.78, 5) is 16.6. The third-order valence-electron chi connectivity index (χ3n) is 3.50. The Hall–Kier alpha value is -1.88. The molecule has 0 fully saturated rings. The van der Waals surface area contributed by atoms with E-state index in [1.165, 1.54) is 0 Å². The maximum atomic E-state index is 12.0. The lowest BCUT2D eigenvalue weighted by atomic mass is 9.93. The Morgan fingerprint density at radius 1 is 1.26 bits per heavy atom. The van der Waals surface area contributed by atoms with Crippen molar-refractivity contribution in [2.24, 2.45) is 0 Å². The Labute approximate surface area is 141 Å². The molecule has 2 rings (SSSR count). The topological polar surface area (TPSA) is 51.2 Å². The van der Waals surface area contributed by atoms with Gasteiger partial charge in [-0.2, -0.15) is 0 Å². The van der Waals surface area contributed by atoms with Gasteiger partial charge in [-0.15, -0.1) is 11.3 Å². The first kappa shape index (κ1) is 17.5. The number of carbonyl (C=O) groups is 1. The van der Waals surface area contributed by atoms with Crippen LogP contribution in [-0.4, -0.2) is 24.5 Å². The van der Waals surface area contributed by atoms with Crippen molar-refractivity contribution < 1.29 is 9.53 Å². The van der Waals surface area contributed by atoms with E-state index >= 15 is 0 Å². The molecule has 0 aliphatic rings. The van der Waals surface area contributed by atoms with Gasteiger partial charge in [-0.05, 0) is 17.7 Å². The fourth-order valence-electron chi connectivity index (χ4n) is 2.07. The number of ether oxygens (including phenoxy) is 1. The zero-order valence-electron chi connectivity index (χ0n) is 14.2. The number of nitrogens with one attached hydrogen (secondary N) is 1. The molecule has 0 saturated carbocycles. The lowest BCUT2D eigenvalue weighted by Crippen LogP contribution is -2.27. The zero-order valence-corrected chi connectivity index (χ0v) is 15.0. The van der Waals surface area contributed by atoms with E-state index in [-0.39, 0.29) is 11.3 Å². The molecule has 23 heavy (non-hydrogen) atoms. The Balaban J connectivity index is 1.77. The van der Waals surface area contributed by atoms with Gasteiger partial charge in [0.25, 0.3) is 0 Å². The van der Waals surface area contributed by atoms with Crippen LogP contribution >= 0.6 is 11.3 Å². The molecule has 0 radical (unpaired) electrons. The van der Waals surface area contributed by atoms with Crippen LogP contribution in [0.2, 0.25) is 0 Å². The molecular weight excluding hydrogens is 308 g/mol. The summed E-state index contributed by atoms with van der Waals surface area (Å²) in [6, 6.07) is 7.56. The first-order chi connectivity index (χ1) is 10.9. The van der Waals surface area contributed by atoms with Crippen molar-refractivity contribution in [3.05, 3.63) is 45.9 Å². The highest BCUT2D eigenvalue weighted by Gasteiger charge is 2.17. The number of hydrogen-bond acceptors (Lipinski definition) is 4. The van der Waals surface area contributed by atoms with Gasteiger partial charge in [-0.1, -0.05) is 32.9 Å². The van der Waals surface area contributed by atoms with Crippen LogP contribution in [0.3, 0.4) is 0 Å². The minimum absolute atomic E-state index is 0.0303. The van der Waals surface area contributed by atoms with Gasteiger partial charge >= 0.3 is 0 Å². The second-order valence-corrected chi connectivity index (χ2v) is 7.44. The van der Waals surface area contributed by atoms with E-state index in [0.717, 1.165) is 28.4 Å². The number of amides is 1. The lowest BCUT2D eigenvalue weighted by Gasteiger charge is -2.14. The van der Waals surface area contributed by atoms with Gasteiger partial charge in [0.15, 0.2) is 0 Å². The quantitative estimate of drug-likeness (QED) is 0.882. The smallest absolute Gasteiger partial charge is 0.224 e. The zero-order chi connectivity index (χ0) is 16.9. The number of rotatable bonds is 6. The van der Waals surface area contributed by atoms with E-state index in [2.05, 4.69) is 36.5 Å². The molecule has 4 nitrogen and oxygen atoms in total.